The largest absolute Gasteiger partial charge is 0.337 e. The first-order valence-corrected chi connectivity index (χ1v) is 7.63. The number of nitrogens with two attached hydrogens (primary N) is 1. The molecular weight excluding hydrogens is 294 g/mol. The molecule has 0 saturated carbocycles. The van der Waals surface area contributed by atoms with E-state index in [0.717, 1.165) is 0 Å². The highest BCUT2D eigenvalue weighted by atomic mass is 32.2. The minimum atomic E-state index is -3.84. The van der Waals surface area contributed by atoms with Gasteiger partial charge in [-0.3, -0.25) is 9.52 Å². The molecule has 2 aromatic rings. The number of anilines is 2. The first kappa shape index (κ1) is 15.0. The quantitative estimate of drug-likeness (QED) is 0.721. The third-order valence-corrected chi connectivity index (χ3v) is 3.08. The molecule has 2 rings (SSSR count). The summed E-state index contributed by atoms with van der Waals surface area (Å²) in [7, 11) is -3.84. The van der Waals surface area contributed by atoms with Crippen LogP contribution in [-0.4, -0.2) is 23.9 Å². The van der Waals surface area contributed by atoms with Gasteiger partial charge in [-0.15, -0.1) is 0 Å². The third-order valence-electron chi connectivity index (χ3n) is 2.56. The van der Waals surface area contributed by atoms with Crippen molar-refractivity contribution in [2.24, 2.45) is 5.14 Å². The van der Waals surface area contributed by atoms with Gasteiger partial charge in [-0.1, -0.05) is 6.07 Å². The van der Waals surface area contributed by atoms with E-state index >= 15 is 0 Å². The van der Waals surface area contributed by atoms with E-state index in [1.165, 1.54) is 12.1 Å². The van der Waals surface area contributed by atoms with E-state index in [4.69, 9.17) is 5.14 Å². The number of nitrogens with zero attached hydrogens (tertiary/aromatic N) is 2. The van der Waals surface area contributed by atoms with E-state index in [2.05, 4.69) is 15.0 Å². The topological polar surface area (TPSA) is 119 Å². The molecule has 8 nitrogen and oxygen atoms in total. The molecule has 1 amide bonds. The van der Waals surface area contributed by atoms with E-state index in [0.29, 0.717) is 12.2 Å². The Bertz CT molecular complexity index is 712. The highest BCUT2D eigenvalue weighted by molar-refractivity contribution is 7.90. The molecule has 1 aromatic carbocycles. The van der Waals surface area contributed by atoms with E-state index in [1.54, 1.807) is 35.4 Å². The molecule has 1 aromatic heterocycles. The van der Waals surface area contributed by atoms with Crippen molar-refractivity contribution >= 4 is 27.5 Å². The molecule has 21 heavy (non-hydrogen) atoms. The maximum atomic E-state index is 11.8. The lowest BCUT2D eigenvalue weighted by Crippen LogP contribution is -2.21. The van der Waals surface area contributed by atoms with Crippen LogP contribution in [0, 0.1) is 0 Å². The number of carbonyl (C=O) groups excluding carboxylic acids is 1. The van der Waals surface area contributed by atoms with Crippen LogP contribution < -0.4 is 15.2 Å². The summed E-state index contributed by atoms with van der Waals surface area (Å²) in [4.78, 5) is 15.7. The van der Waals surface area contributed by atoms with Gasteiger partial charge in [0.25, 0.3) is 10.2 Å². The van der Waals surface area contributed by atoms with Gasteiger partial charge in [-0.2, -0.15) is 8.42 Å². The van der Waals surface area contributed by atoms with Crippen LogP contribution in [0.1, 0.15) is 6.42 Å². The van der Waals surface area contributed by atoms with Crippen molar-refractivity contribution in [1.29, 1.82) is 0 Å². The van der Waals surface area contributed by atoms with Gasteiger partial charge in [0, 0.05) is 31.0 Å². The predicted octanol–water partition coefficient (Wildman–Crippen LogP) is 0.527. The monoisotopic (exact) mass is 309 g/mol. The second-order valence-corrected chi connectivity index (χ2v) is 5.62. The molecule has 9 heteroatoms. The number of aryl methyl sites for hydroxylation is 1. The van der Waals surface area contributed by atoms with Crippen molar-refractivity contribution in [2.45, 2.75) is 13.0 Å². The fourth-order valence-corrected chi connectivity index (χ4v) is 2.15. The SMILES string of the molecule is NS(=O)(=O)Nc1cccc(NC(=O)CCn2ccnc2)c1. The number of carbonyl (C=O) groups is 1. The number of rotatable bonds is 6. The van der Waals surface area contributed by atoms with Gasteiger partial charge in [0.05, 0.1) is 12.0 Å². The van der Waals surface area contributed by atoms with Gasteiger partial charge >= 0.3 is 0 Å². The molecule has 0 spiro atoms. The fraction of sp³-hybridized carbons (Fsp3) is 0.167. The minimum Gasteiger partial charge on any atom is -0.337 e. The number of benzene rings is 1. The molecule has 0 fully saturated rings. The van der Waals surface area contributed by atoms with E-state index < -0.39 is 10.2 Å². The van der Waals surface area contributed by atoms with Gasteiger partial charge < -0.3 is 9.88 Å². The molecule has 0 aliphatic heterocycles. The molecule has 112 valence electrons. The van der Waals surface area contributed by atoms with Crippen LogP contribution in [0.25, 0.3) is 0 Å². The molecule has 0 aliphatic carbocycles. The van der Waals surface area contributed by atoms with Crippen LogP contribution in [0.15, 0.2) is 43.0 Å². The van der Waals surface area contributed by atoms with Crippen LogP contribution in [0.4, 0.5) is 11.4 Å². The highest BCUT2D eigenvalue weighted by Gasteiger charge is 2.06. The Morgan fingerprint density at radius 2 is 2.10 bits per heavy atom. The average molecular weight is 309 g/mol. The molecule has 0 saturated heterocycles. The average Bonchev–Trinajstić information content (AvgIpc) is 2.87. The molecular formula is C12H15N5O3S. The summed E-state index contributed by atoms with van der Waals surface area (Å²) < 4.78 is 25.8. The van der Waals surface area contributed by atoms with E-state index in [-0.39, 0.29) is 18.0 Å². The van der Waals surface area contributed by atoms with Crippen LogP contribution in [-0.2, 0) is 21.5 Å². The van der Waals surface area contributed by atoms with E-state index in [9.17, 15) is 13.2 Å². The van der Waals surface area contributed by atoms with Gasteiger partial charge in [0.15, 0.2) is 0 Å². The van der Waals surface area contributed by atoms with Gasteiger partial charge in [0.1, 0.15) is 0 Å². The van der Waals surface area contributed by atoms with Gasteiger partial charge in [-0.05, 0) is 18.2 Å². The summed E-state index contributed by atoms with van der Waals surface area (Å²) in [5.74, 6) is -0.184. The Kier molecular flexibility index (Phi) is 4.55. The third kappa shape index (κ3) is 5.24. The molecule has 0 aliphatic rings. The molecule has 0 radical (unpaired) electrons. The Balaban J connectivity index is 1.93. The molecule has 0 unspecified atom stereocenters. The molecule has 1 heterocycles. The minimum absolute atomic E-state index is 0.184. The molecule has 0 bridgehead atoms. The zero-order valence-electron chi connectivity index (χ0n) is 11.1. The fourth-order valence-electron chi connectivity index (χ4n) is 1.70. The summed E-state index contributed by atoms with van der Waals surface area (Å²) in [5.41, 5.74) is 0.768. The normalized spacial score (nSPS) is 11.1. The van der Waals surface area contributed by atoms with Crippen molar-refractivity contribution in [3.8, 4) is 0 Å². The first-order valence-electron chi connectivity index (χ1n) is 6.08. The smallest absolute Gasteiger partial charge is 0.296 e. The second-order valence-electron chi connectivity index (χ2n) is 4.33. The van der Waals surface area contributed by atoms with Crippen molar-refractivity contribution in [2.75, 3.05) is 10.0 Å². The zero-order valence-corrected chi connectivity index (χ0v) is 11.9. The summed E-state index contributed by atoms with van der Waals surface area (Å²) >= 11 is 0. The van der Waals surface area contributed by atoms with Crippen molar-refractivity contribution in [3.63, 3.8) is 0 Å². The molecule has 0 atom stereocenters. The van der Waals surface area contributed by atoms with Crippen LogP contribution in [0.3, 0.4) is 0 Å². The Labute approximate surface area is 122 Å². The lowest BCUT2D eigenvalue weighted by molar-refractivity contribution is -0.116. The standard InChI is InChI=1S/C12H15N5O3S/c13-21(19,20)16-11-3-1-2-10(8-11)15-12(18)4-6-17-7-5-14-9-17/h1-3,5,7-9,16H,4,6H2,(H,15,18)(H2,13,19,20). The maximum Gasteiger partial charge on any atom is 0.296 e. The second kappa shape index (κ2) is 6.37. The number of nitrogens with one attached hydrogen (secondary N) is 2. The van der Waals surface area contributed by atoms with E-state index in [1.807, 2.05) is 0 Å². The number of aromatic nitrogens is 2. The highest BCUT2D eigenvalue weighted by Crippen LogP contribution is 2.15. The Morgan fingerprint density at radius 3 is 2.76 bits per heavy atom. The van der Waals surface area contributed by atoms with Crippen LogP contribution in [0.2, 0.25) is 0 Å². The Morgan fingerprint density at radius 1 is 1.33 bits per heavy atom. The number of hydrogen-bond donors (Lipinski definition) is 3. The number of hydrogen-bond acceptors (Lipinski definition) is 4. The lowest BCUT2D eigenvalue weighted by atomic mass is 10.2. The maximum absolute atomic E-state index is 11.8. The summed E-state index contributed by atoms with van der Waals surface area (Å²) in [6.07, 6.45) is 5.32. The molecule has 4 N–H and O–H groups in total. The van der Waals surface area contributed by atoms with Crippen molar-refractivity contribution in [1.82, 2.24) is 9.55 Å². The van der Waals surface area contributed by atoms with Gasteiger partial charge in [-0.25, -0.2) is 10.1 Å². The Hall–Kier alpha value is -2.39. The number of amides is 1. The van der Waals surface area contributed by atoms with Crippen LogP contribution >= 0.6 is 0 Å². The van der Waals surface area contributed by atoms with Crippen molar-refractivity contribution < 1.29 is 13.2 Å². The van der Waals surface area contributed by atoms with Gasteiger partial charge in [0.2, 0.25) is 5.91 Å². The zero-order chi connectivity index (χ0) is 15.3. The summed E-state index contributed by atoms with van der Waals surface area (Å²) in [6.45, 7) is 0.515. The van der Waals surface area contributed by atoms with Crippen LogP contribution in [0.5, 0.6) is 0 Å². The lowest BCUT2D eigenvalue weighted by Gasteiger charge is -2.08. The summed E-state index contributed by atoms with van der Waals surface area (Å²) in [5, 5.41) is 7.57. The van der Waals surface area contributed by atoms with Crippen molar-refractivity contribution in [3.05, 3.63) is 43.0 Å². The first-order chi connectivity index (χ1) is 9.92. The summed E-state index contributed by atoms with van der Waals surface area (Å²) in [6, 6.07) is 6.29. The predicted molar refractivity (Wildman–Crippen MR) is 78.6 cm³/mol. The number of imidazole rings is 1.